The van der Waals surface area contributed by atoms with Crippen LogP contribution in [-0.2, 0) is 6.54 Å². The van der Waals surface area contributed by atoms with E-state index >= 15 is 0 Å². The van der Waals surface area contributed by atoms with Crippen molar-refractivity contribution in [3.63, 3.8) is 0 Å². The molecule has 0 saturated carbocycles. The van der Waals surface area contributed by atoms with Gasteiger partial charge >= 0.3 is 0 Å². The number of hydrogen-bond donors (Lipinski definition) is 1. The van der Waals surface area contributed by atoms with Crippen molar-refractivity contribution in [1.82, 2.24) is 14.8 Å². The molecule has 1 N–H and O–H groups in total. The van der Waals surface area contributed by atoms with Gasteiger partial charge in [-0.3, -0.25) is 9.80 Å². The number of phenolic OH excluding ortho intramolecular Hbond substituents is 1. The molecule has 1 saturated heterocycles. The minimum absolute atomic E-state index is 0.223. The molecule has 146 valence electrons. The van der Waals surface area contributed by atoms with E-state index in [1.54, 1.807) is 17.4 Å². The van der Waals surface area contributed by atoms with Gasteiger partial charge in [-0.2, -0.15) is 0 Å². The van der Waals surface area contributed by atoms with E-state index in [4.69, 9.17) is 14.5 Å². The van der Waals surface area contributed by atoms with Gasteiger partial charge in [-0.1, -0.05) is 12.1 Å². The van der Waals surface area contributed by atoms with Gasteiger partial charge in [-0.05, 0) is 25.1 Å². The van der Waals surface area contributed by atoms with E-state index in [1.165, 1.54) is 9.71 Å². The molecule has 0 spiro atoms. The van der Waals surface area contributed by atoms with Gasteiger partial charge in [-0.25, -0.2) is 4.98 Å². The summed E-state index contributed by atoms with van der Waals surface area (Å²) in [6.07, 6.45) is 0. The Morgan fingerprint density at radius 3 is 2.64 bits per heavy atom. The highest BCUT2D eigenvalue weighted by atomic mass is 32.1. The summed E-state index contributed by atoms with van der Waals surface area (Å²) in [6, 6.07) is 12.2. The zero-order chi connectivity index (χ0) is 19.1. The first-order valence-electron chi connectivity index (χ1n) is 9.61. The number of benzene rings is 2. The highest BCUT2D eigenvalue weighted by Gasteiger charge is 2.25. The normalized spacial score (nSPS) is 18.6. The number of nitrogens with zero attached hydrogens (tertiary/aromatic N) is 3. The summed E-state index contributed by atoms with van der Waals surface area (Å²) in [5.41, 5.74) is 1.98. The van der Waals surface area contributed by atoms with Gasteiger partial charge < -0.3 is 14.6 Å². The monoisotopic (exact) mass is 397 g/mol. The van der Waals surface area contributed by atoms with E-state index < -0.39 is 0 Å². The summed E-state index contributed by atoms with van der Waals surface area (Å²) in [7, 11) is 0. The second-order valence-corrected chi connectivity index (χ2v) is 8.40. The number of piperazine rings is 1. The van der Waals surface area contributed by atoms with Crippen LogP contribution >= 0.6 is 11.3 Å². The van der Waals surface area contributed by atoms with Gasteiger partial charge in [0.25, 0.3) is 0 Å². The summed E-state index contributed by atoms with van der Waals surface area (Å²) in [5, 5.41) is 11.5. The van der Waals surface area contributed by atoms with Crippen LogP contribution in [0.5, 0.6) is 17.2 Å². The highest BCUT2D eigenvalue weighted by molar-refractivity contribution is 7.18. The molecule has 2 aromatic carbocycles. The summed E-state index contributed by atoms with van der Waals surface area (Å²) in [4.78, 5) is 9.69. The molecular weight excluding hydrogens is 374 g/mol. The van der Waals surface area contributed by atoms with Crippen LogP contribution in [0.1, 0.15) is 23.5 Å². The van der Waals surface area contributed by atoms with E-state index in [1.807, 2.05) is 12.1 Å². The smallest absolute Gasteiger partial charge is 0.231 e. The molecule has 5 rings (SSSR count). The number of thiazole rings is 1. The van der Waals surface area contributed by atoms with Crippen LogP contribution in [0.15, 0.2) is 36.4 Å². The first-order valence-corrected chi connectivity index (χ1v) is 10.4. The minimum atomic E-state index is 0.223. The van der Waals surface area contributed by atoms with Crippen molar-refractivity contribution in [3.05, 3.63) is 47.0 Å². The predicted molar refractivity (Wildman–Crippen MR) is 109 cm³/mol. The second kappa shape index (κ2) is 7.24. The number of aromatic hydroxyl groups is 1. The molecule has 0 radical (unpaired) electrons. The van der Waals surface area contributed by atoms with Gasteiger partial charge in [0.05, 0.1) is 16.3 Å². The van der Waals surface area contributed by atoms with Gasteiger partial charge in [0, 0.05) is 44.4 Å². The molecule has 1 atom stereocenters. The van der Waals surface area contributed by atoms with Crippen LogP contribution in [0.2, 0.25) is 0 Å². The van der Waals surface area contributed by atoms with Gasteiger partial charge in [0.15, 0.2) is 11.5 Å². The largest absolute Gasteiger partial charge is 0.507 e. The SMILES string of the molecule is CC(c1nc2ccccc2s1)N1CCN(Cc2cc3c(cc2O)OCO3)CC1. The van der Waals surface area contributed by atoms with Gasteiger partial charge in [0.1, 0.15) is 10.8 Å². The second-order valence-electron chi connectivity index (χ2n) is 7.34. The maximum atomic E-state index is 10.3. The number of fused-ring (bicyclic) bond motifs is 2. The fourth-order valence-electron chi connectivity index (χ4n) is 3.87. The molecule has 6 nitrogen and oxygen atoms in total. The molecule has 1 fully saturated rings. The standard InChI is InChI=1S/C21H23N3O3S/c1-14(21-22-16-4-2-3-5-20(16)28-21)24-8-6-23(7-9-24)12-15-10-18-19(11-17(15)25)27-13-26-18/h2-5,10-11,14,25H,6-9,12-13H2,1H3. The number of phenols is 1. The molecule has 3 aromatic rings. The lowest BCUT2D eigenvalue weighted by atomic mass is 10.1. The lowest BCUT2D eigenvalue weighted by Crippen LogP contribution is -2.46. The Kier molecular flexibility index (Phi) is 4.58. The Morgan fingerprint density at radius 2 is 1.86 bits per heavy atom. The molecule has 28 heavy (non-hydrogen) atoms. The van der Waals surface area contributed by atoms with Crippen molar-refractivity contribution in [2.24, 2.45) is 0 Å². The summed E-state index contributed by atoms with van der Waals surface area (Å²) >= 11 is 1.79. The number of para-hydroxylation sites is 1. The van der Waals surface area contributed by atoms with Crippen LogP contribution in [0.4, 0.5) is 0 Å². The van der Waals surface area contributed by atoms with Crippen molar-refractivity contribution in [2.75, 3.05) is 33.0 Å². The molecule has 1 unspecified atom stereocenters. The Labute approximate surface area is 167 Å². The molecule has 2 aliphatic rings. The minimum Gasteiger partial charge on any atom is -0.507 e. The quantitative estimate of drug-likeness (QED) is 0.726. The van der Waals surface area contributed by atoms with Crippen LogP contribution in [-0.4, -0.2) is 52.9 Å². The van der Waals surface area contributed by atoms with E-state index in [0.29, 0.717) is 18.3 Å². The van der Waals surface area contributed by atoms with Crippen LogP contribution < -0.4 is 9.47 Å². The first-order chi connectivity index (χ1) is 13.7. The van der Waals surface area contributed by atoms with Crippen molar-refractivity contribution in [2.45, 2.75) is 19.5 Å². The fourth-order valence-corrected chi connectivity index (χ4v) is 4.93. The molecule has 0 aliphatic carbocycles. The Morgan fingerprint density at radius 1 is 1.11 bits per heavy atom. The van der Waals surface area contributed by atoms with E-state index in [-0.39, 0.29) is 12.5 Å². The maximum Gasteiger partial charge on any atom is 0.231 e. The molecule has 0 bridgehead atoms. The third-order valence-electron chi connectivity index (χ3n) is 5.59. The number of rotatable bonds is 4. The fraction of sp³-hybridized carbons (Fsp3) is 0.381. The zero-order valence-corrected chi connectivity index (χ0v) is 16.6. The number of aromatic nitrogens is 1. The molecule has 2 aliphatic heterocycles. The highest BCUT2D eigenvalue weighted by Crippen LogP contribution is 2.38. The predicted octanol–water partition coefficient (Wildman–Crippen LogP) is 3.61. The van der Waals surface area contributed by atoms with Gasteiger partial charge in [0.2, 0.25) is 6.79 Å². The van der Waals surface area contributed by atoms with Gasteiger partial charge in [-0.15, -0.1) is 11.3 Å². The zero-order valence-electron chi connectivity index (χ0n) is 15.8. The van der Waals surface area contributed by atoms with Crippen LogP contribution in [0.3, 0.4) is 0 Å². The van der Waals surface area contributed by atoms with Crippen molar-refractivity contribution < 1.29 is 14.6 Å². The molecule has 0 amide bonds. The van der Waals surface area contributed by atoms with Crippen LogP contribution in [0, 0.1) is 0 Å². The third kappa shape index (κ3) is 3.30. The average molecular weight is 398 g/mol. The Balaban J connectivity index is 1.23. The van der Waals surface area contributed by atoms with Crippen molar-refractivity contribution >= 4 is 21.6 Å². The topological polar surface area (TPSA) is 58.1 Å². The van der Waals surface area contributed by atoms with E-state index in [9.17, 15) is 5.11 Å². The van der Waals surface area contributed by atoms with E-state index in [0.717, 1.165) is 43.0 Å². The maximum absolute atomic E-state index is 10.3. The molecule has 3 heterocycles. The lowest BCUT2D eigenvalue weighted by molar-refractivity contribution is 0.0972. The lowest BCUT2D eigenvalue weighted by Gasteiger charge is -2.37. The molecule has 1 aromatic heterocycles. The number of hydrogen-bond acceptors (Lipinski definition) is 7. The Bertz CT molecular complexity index is 965. The van der Waals surface area contributed by atoms with Crippen molar-refractivity contribution in [1.29, 1.82) is 0 Å². The van der Waals surface area contributed by atoms with Crippen LogP contribution in [0.25, 0.3) is 10.2 Å². The molecular formula is C21H23N3O3S. The average Bonchev–Trinajstić information content (AvgIpc) is 3.34. The number of ether oxygens (including phenoxy) is 2. The first kappa shape index (κ1) is 17.7. The summed E-state index contributed by atoms with van der Waals surface area (Å²) < 4.78 is 12.0. The van der Waals surface area contributed by atoms with E-state index in [2.05, 4.69) is 34.9 Å². The molecule has 7 heteroatoms. The Hall–Kier alpha value is -2.35. The summed E-state index contributed by atoms with van der Waals surface area (Å²) in [6.45, 7) is 7.08. The summed E-state index contributed by atoms with van der Waals surface area (Å²) in [5.74, 6) is 1.61. The third-order valence-corrected chi connectivity index (χ3v) is 6.80. The van der Waals surface area contributed by atoms with Crippen molar-refractivity contribution in [3.8, 4) is 17.2 Å².